The smallest absolute Gasteiger partial charge is 0.329 e. The van der Waals surface area contributed by atoms with Gasteiger partial charge >= 0.3 is 11.8 Å². The number of halogens is 1. The van der Waals surface area contributed by atoms with Crippen molar-refractivity contribution < 1.29 is 19.1 Å². The van der Waals surface area contributed by atoms with Crippen molar-refractivity contribution in [1.82, 2.24) is 10.7 Å². The molecular weight excluding hydrogens is 396 g/mol. The summed E-state index contributed by atoms with van der Waals surface area (Å²) in [6, 6.07) is 13.5. The van der Waals surface area contributed by atoms with E-state index in [-0.39, 0.29) is 19.1 Å². The second kappa shape index (κ2) is 11.3. The monoisotopic (exact) mass is 414 g/mol. The van der Waals surface area contributed by atoms with Crippen LogP contribution in [0.25, 0.3) is 0 Å². The lowest BCUT2D eigenvalue weighted by Crippen LogP contribution is -2.37. The maximum absolute atomic E-state index is 11.9. The first-order chi connectivity index (χ1) is 14.0. The fourth-order valence-electron chi connectivity index (χ4n) is 2.01. The summed E-state index contributed by atoms with van der Waals surface area (Å²) in [4.78, 5) is 34.7. The van der Waals surface area contributed by atoms with Gasteiger partial charge in [0.1, 0.15) is 5.75 Å². The Kier molecular flexibility index (Phi) is 8.40. The maximum Gasteiger partial charge on any atom is 0.329 e. The minimum atomic E-state index is -0.882. The van der Waals surface area contributed by atoms with Gasteiger partial charge in [-0.1, -0.05) is 29.8 Å². The van der Waals surface area contributed by atoms with Gasteiger partial charge in [0.25, 0.3) is 5.91 Å². The molecule has 0 radical (unpaired) electrons. The summed E-state index contributed by atoms with van der Waals surface area (Å²) in [5.41, 5.74) is 3.28. The van der Waals surface area contributed by atoms with Crippen molar-refractivity contribution in [1.29, 1.82) is 0 Å². The Hall–Kier alpha value is -3.65. The molecule has 0 aliphatic rings. The van der Waals surface area contributed by atoms with Crippen LogP contribution in [0.3, 0.4) is 0 Å². The molecule has 29 heavy (non-hydrogen) atoms. The van der Waals surface area contributed by atoms with E-state index in [1.54, 1.807) is 48.5 Å². The van der Waals surface area contributed by atoms with E-state index in [9.17, 15) is 14.4 Å². The van der Waals surface area contributed by atoms with Crippen LogP contribution < -0.4 is 20.8 Å². The van der Waals surface area contributed by atoms with E-state index in [0.29, 0.717) is 22.0 Å². The van der Waals surface area contributed by atoms with Gasteiger partial charge in [-0.25, -0.2) is 5.43 Å². The molecule has 0 heterocycles. The molecule has 0 fully saturated rings. The molecule has 8 nitrogen and oxygen atoms in total. The highest BCUT2D eigenvalue weighted by molar-refractivity contribution is 6.35. The van der Waals surface area contributed by atoms with Crippen molar-refractivity contribution in [2.24, 2.45) is 5.10 Å². The lowest BCUT2D eigenvalue weighted by Gasteiger charge is -2.08. The zero-order valence-electron chi connectivity index (χ0n) is 15.4. The van der Waals surface area contributed by atoms with Crippen LogP contribution in [0.1, 0.15) is 5.56 Å². The van der Waals surface area contributed by atoms with Gasteiger partial charge in [0.2, 0.25) is 0 Å². The van der Waals surface area contributed by atoms with Crippen LogP contribution in [0.15, 0.2) is 66.3 Å². The lowest BCUT2D eigenvalue weighted by molar-refractivity contribution is -0.139. The summed E-state index contributed by atoms with van der Waals surface area (Å²) in [6.45, 7) is 3.43. The molecule has 3 N–H and O–H groups in total. The van der Waals surface area contributed by atoms with Crippen LogP contribution in [0, 0.1) is 0 Å². The molecule has 2 aromatic rings. The van der Waals surface area contributed by atoms with Crippen LogP contribution in [0.4, 0.5) is 5.69 Å². The Morgan fingerprint density at radius 1 is 1.07 bits per heavy atom. The first-order valence-corrected chi connectivity index (χ1v) is 8.86. The number of benzene rings is 2. The summed E-state index contributed by atoms with van der Waals surface area (Å²) >= 11 is 5.98. The Morgan fingerprint density at radius 2 is 1.79 bits per heavy atom. The first-order valence-electron chi connectivity index (χ1n) is 8.49. The van der Waals surface area contributed by atoms with Crippen LogP contribution in [0.5, 0.6) is 5.75 Å². The molecule has 0 aromatic heterocycles. The van der Waals surface area contributed by atoms with Crippen molar-refractivity contribution in [3.63, 3.8) is 0 Å². The number of carbonyl (C=O) groups excluding carboxylic acids is 3. The third-order valence-corrected chi connectivity index (χ3v) is 3.72. The van der Waals surface area contributed by atoms with E-state index in [4.69, 9.17) is 16.3 Å². The molecular formula is C20H19ClN4O4. The minimum absolute atomic E-state index is 0.186. The summed E-state index contributed by atoms with van der Waals surface area (Å²) in [6.07, 6.45) is 2.82. The Balaban J connectivity index is 1.78. The number of ether oxygens (including phenoxy) is 1. The summed E-state index contributed by atoms with van der Waals surface area (Å²) in [7, 11) is 0. The lowest BCUT2D eigenvalue weighted by atomic mass is 10.2. The molecule has 2 rings (SSSR count). The van der Waals surface area contributed by atoms with E-state index in [2.05, 4.69) is 27.7 Å². The van der Waals surface area contributed by atoms with Crippen LogP contribution >= 0.6 is 11.6 Å². The third-order valence-electron chi connectivity index (χ3n) is 3.39. The molecule has 2 aromatic carbocycles. The molecule has 150 valence electrons. The van der Waals surface area contributed by atoms with E-state index in [1.165, 1.54) is 12.3 Å². The van der Waals surface area contributed by atoms with Gasteiger partial charge < -0.3 is 15.4 Å². The molecule has 3 amide bonds. The highest BCUT2D eigenvalue weighted by atomic mass is 35.5. The number of para-hydroxylation sites is 1. The Labute approximate surface area is 172 Å². The predicted octanol–water partition coefficient (Wildman–Crippen LogP) is 2.11. The topological polar surface area (TPSA) is 109 Å². The van der Waals surface area contributed by atoms with Gasteiger partial charge in [0.05, 0.1) is 16.9 Å². The number of nitrogens with one attached hydrogen (secondary N) is 3. The van der Waals surface area contributed by atoms with Crippen molar-refractivity contribution in [3.05, 3.63) is 71.8 Å². The van der Waals surface area contributed by atoms with E-state index < -0.39 is 11.8 Å². The van der Waals surface area contributed by atoms with Gasteiger partial charge in [0, 0.05) is 6.54 Å². The SMILES string of the molecule is C=CCNC(=O)C(=O)N/N=C\c1ccc(OCC(=O)Nc2ccccc2Cl)cc1. The molecule has 0 spiro atoms. The molecule has 0 saturated carbocycles. The summed E-state index contributed by atoms with van der Waals surface area (Å²) in [5, 5.41) is 9.13. The molecule has 0 atom stereocenters. The predicted molar refractivity (Wildman–Crippen MR) is 111 cm³/mol. The number of hydrogen-bond acceptors (Lipinski definition) is 5. The average molecular weight is 415 g/mol. The van der Waals surface area contributed by atoms with Crippen molar-refractivity contribution in [3.8, 4) is 5.75 Å². The van der Waals surface area contributed by atoms with Gasteiger partial charge in [0.15, 0.2) is 6.61 Å². The first kappa shape index (κ1) is 21.6. The summed E-state index contributed by atoms with van der Waals surface area (Å²) in [5.74, 6) is -1.56. The molecule has 0 aliphatic heterocycles. The fourth-order valence-corrected chi connectivity index (χ4v) is 2.19. The fraction of sp³-hybridized carbons (Fsp3) is 0.100. The molecule has 9 heteroatoms. The average Bonchev–Trinajstić information content (AvgIpc) is 2.73. The van der Waals surface area contributed by atoms with Crippen LogP contribution in [0.2, 0.25) is 5.02 Å². The zero-order chi connectivity index (χ0) is 21.1. The molecule has 0 unspecified atom stereocenters. The number of anilines is 1. The second-order valence-corrected chi connectivity index (χ2v) is 5.99. The van der Waals surface area contributed by atoms with Crippen molar-refractivity contribution in [2.75, 3.05) is 18.5 Å². The quantitative estimate of drug-likeness (QED) is 0.266. The molecule has 0 saturated heterocycles. The normalized spacial score (nSPS) is 10.2. The minimum Gasteiger partial charge on any atom is -0.484 e. The number of amides is 3. The number of rotatable bonds is 8. The third kappa shape index (κ3) is 7.47. The second-order valence-electron chi connectivity index (χ2n) is 5.58. The van der Waals surface area contributed by atoms with E-state index in [1.807, 2.05) is 0 Å². The number of hydrogen-bond donors (Lipinski definition) is 3. The summed E-state index contributed by atoms with van der Waals surface area (Å²) < 4.78 is 5.42. The van der Waals surface area contributed by atoms with Crippen molar-refractivity contribution in [2.45, 2.75) is 0 Å². The number of nitrogens with zero attached hydrogens (tertiary/aromatic N) is 1. The highest BCUT2D eigenvalue weighted by Gasteiger charge is 2.10. The maximum atomic E-state index is 11.9. The van der Waals surface area contributed by atoms with Gasteiger partial charge in [-0.2, -0.15) is 5.10 Å². The van der Waals surface area contributed by atoms with E-state index >= 15 is 0 Å². The largest absolute Gasteiger partial charge is 0.484 e. The van der Waals surface area contributed by atoms with Gasteiger partial charge in [-0.15, -0.1) is 6.58 Å². The Bertz CT molecular complexity index is 913. The van der Waals surface area contributed by atoms with Crippen molar-refractivity contribution >= 4 is 41.2 Å². The van der Waals surface area contributed by atoms with E-state index in [0.717, 1.165) is 0 Å². The molecule has 0 aliphatic carbocycles. The highest BCUT2D eigenvalue weighted by Crippen LogP contribution is 2.20. The van der Waals surface area contributed by atoms with Gasteiger partial charge in [-0.05, 0) is 42.0 Å². The van der Waals surface area contributed by atoms with Gasteiger partial charge in [-0.3, -0.25) is 14.4 Å². The van der Waals surface area contributed by atoms with Crippen LogP contribution in [-0.4, -0.2) is 37.1 Å². The Morgan fingerprint density at radius 3 is 2.48 bits per heavy atom. The molecule has 0 bridgehead atoms. The zero-order valence-corrected chi connectivity index (χ0v) is 16.1. The van der Waals surface area contributed by atoms with Crippen LogP contribution in [-0.2, 0) is 14.4 Å². The standard InChI is InChI=1S/C20H19ClN4O4/c1-2-11-22-19(27)20(28)25-23-12-14-7-9-15(10-8-14)29-13-18(26)24-17-6-4-3-5-16(17)21/h2-10,12H,1,11,13H2,(H,22,27)(H,24,26)(H,25,28)/b23-12-. The number of hydrazone groups is 1. The number of carbonyl (C=O) groups is 3.